The Bertz CT molecular complexity index is 480. The Kier molecular flexibility index (Phi) is 3.27. The van der Waals surface area contributed by atoms with E-state index in [-0.39, 0.29) is 17.7 Å². The largest absolute Gasteiger partial charge is 0.397 e. The Morgan fingerprint density at radius 3 is 2.78 bits per heavy atom. The van der Waals surface area contributed by atoms with Crippen LogP contribution in [0.3, 0.4) is 0 Å². The molecule has 18 heavy (non-hydrogen) atoms. The van der Waals surface area contributed by atoms with E-state index in [0.717, 1.165) is 0 Å². The van der Waals surface area contributed by atoms with Crippen molar-refractivity contribution in [3.8, 4) is 0 Å². The number of rotatable bonds is 3. The van der Waals surface area contributed by atoms with Crippen molar-refractivity contribution in [2.45, 2.75) is 19.9 Å². The quantitative estimate of drug-likeness (QED) is 0.792. The van der Waals surface area contributed by atoms with E-state index in [9.17, 15) is 9.59 Å². The third kappa shape index (κ3) is 2.18. The summed E-state index contributed by atoms with van der Waals surface area (Å²) in [5.41, 5.74) is 12.1. The van der Waals surface area contributed by atoms with Crippen LogP contribution in [-0.4, -0.2) is 34.4 Å². The Hall–Kier alpha value is -1.98. The molecule has 6 heteroatoms. The van der Waals surface area contributed by atoms with Gasteiger partial charge in [-0.25, -0.2) is 0 Å². The molecule has 1 aromatic heterocycles. The minimum absolute atomic E-state index is 0.0858. The van der Waals surface area contributed by atoms with Crippen LogP contribution in [0.5, 0.6) is 0 Å². The molecule has 1 unspecified atom stereocenters. The first kappa shape index (κ1) is 12.5. The lowest BCUT2D eigenvalue weighted by atomic mass is 10.1. The van der Waals surface area contributed by atoms with Gasteiger partial charge in [-0.1, -0.05) is 0 Å². The lowest BCUT2D eigenvalue weighted by Gasteiger charge is -2.16. The summed E-state index contributed by atoms with van der Waals surface area (Å²) in [7, 11) is 0. The number of amides is 2. The third-order valence-electron chi connectivity index (χ3n) is 3.36. The summed E-state index contributed by atoms with van der Waals surface area (Å²) < 4.78 is 1.81. The molecule has 4 N–H and O–H groups in total. The van der Waals surface area contributed by atoms with Crippen molar-refractivity contribution in [2.24, 2.45) is 11.7 Å². The van der Waals surface area contributed by atoms with Gasteiger partial charge in [-0.3, -0.25) is 9.59 Å². The molecule has 0 saturated carbocycles. The molecule has 1 fully saturated rings. The van der Waals surface area contributed by atoms with Crippen LogP contribution >= 0.6 is 0 Å². The number of hydrogen-bond donors (Lipinski definition) is 2. The van der Waals surface area contributed by atoms with E-state index in [1.807, 2.05) is 11.5 Å². The van der Waals surface area contributed by atoms with Crippen LogP contribution in [0.1, 0.15) is 23.8 Å². The van der Waals surface area contributed by atoms with Crippen molar-refractivity contribution < 1.29 is 9.59 Å². The number of aryl methyl sites for hydroxylation is 1. The maximum absolute atomic E-state index is 12.3. The lowest BCUT2D eigenvalue weighted by Crippen LogP contribution is -2.32. The summed E-state index contributed by atoms with van der Waals surface area (Å²) in [5, 5.41) is 0. The fourth-order valence-corrected chi connectivity index (χ4v) is 2.31. The fraction of sp³-hybridized carbons (Fsp3) is 0.500. The van der Waals surface area contributed by atoms with Crippen LogP contribution in [0.15, 0.2) is 12.3 Å². The molecule has 0 bridgehead atoms. The molecule has 0 aromatic carbocycles. The van der Waals surface area contributed by atoms with Crippen LogP contribution < -0.4 is 11.5 Å². The van der Waals surface area contributed by atoms with E-state index in [2.05, 4.69) is 0 Å². The van der Waals surface area contributed by atoms with Crippen molar-refractivity contribution in [3.05, 3.63) is 18.0 Å². The molecule has 1 aliphatic rings. The number of carbonyl (C=O) groups is 2. The first-order valence-corrected chi connectivity index (χ1v) is 6.07. The van der Waals surface area contributed by atoms with E-state index in [1.54, 1.807) is 17.2 Å². The smallest absolute Gasteiger partial charge is 0.270 e. The van der Waals surface area contributed by atoms with Crippen molar-refractivity contribution in [1.29, 1.82) is 0 Å². The summed E-state index contributed by atoms with van der Waals surface area (Å²) in [6.07, 6.45) is 2.39. The number of carbonyl (C=O) groups excluding carboxylic acids is 2. The summed E-state index contributed by atoms with van der Waals surface area (Å²) in [6.45, 7) is 3.61. The van der Waals surface area contributed by atoms with Gasteiger partial charge in [-0.15, -0.1) is 0 Å². The number of likely N-dealkylation sites (tertiary alicyclic amines) is 1. The first-order chi connectivity index (χ1) is 8.52. The Morgan fingerprint density at radius 2 is 2.22 bits per heavy atom. The molecule has 2 heterocycles. The number of anilines is 1. The van der Waals surface area contributed by atoms with E-state index in [1.165, 1.54) is 0 Å². The number of nitrogens with zero attached hydrogens (tertiary/aromatic N) is 2. The van der Waals surface area contributed by atoms with Crippen LogP contribution in [0, 0.1) is 5.92 Å². The minimum Gasteiger partial charge on any atom is -0.397 e. The molecule has 1 aromatic rings. The maximum Gasteiger partial charge on any atom is 0.270 e. The highest BCUT2D eigenvalue weighted by Crippen LogP contribution is 2.20. The topological polar surface area (TPSA) is 94.3 Å². The van der Waals surface area contributed by atoms with Gasteiger partial charge in [0.15, 0.2) is 0 Å². The van der Waals surface area contributed by atoms with E-state index < -0.39 is 0 Å². The van der Waals surface area contributed by atoms with Crippen molar-refractivity contribution >= 4 is 17.5 Å². The van der Waals surface area contributed by atoms with Gasteiger partial charge >= 0.3 is 0 Å². The van der Waals surface area contributed by atoms with Gasteiger partial charge in [0.1, 0.15) is 5.69 Å². The Morgan fingerprint density at radius 1 is 1.50 bits per heavy atom. The number of nitrogen functional groups attached to an aromatic ring is 1. The number of hydrogen-bond acceptors (Lipinski definition) is 3. The zero-order valence-corrected chi connectivity index (χ0v) is 10.4. The molecule has 2 amide bonds. The molecule has 2 rings (SSSR count). The van der Waals surface area contributed by atoms with Gasteiger partial charge in [0.05, 0.1) is 11.6 Å². The highest BCUT2D eigenvalue weighted by atomic mass is 16.2. The number of nitrogens with two attached hydrogens (primary N) is 2. The number of primary amides is 1. The van der Waals surface area contributed by atoms with Gasteiger partial charge in [-0.2, -0.15) is 0 Å². The monoisotopic (exact) mass is 250 g/mol. The molecule has 0 radical (unpaired) electrons. The zero-order valence-electron chi connectivity index (χ0n) is 10.4. The normalized spacial score (nSPS) is 19.2. The average molecular weight is 250 g/mol. The second kappa shape index (κ2) is 4.72. The van der Waals surface area contributed by atoms with Crippen LogP contribution in [0.2, 0.25) is 0 Å². The third-order valence-corrected chi connectivity index (χ3v) is 3.36. The molecular weight excluding hydrogens is 232 g/mol. The van der Waals surface area contributed by atoms with Crippen LogP contribution in [0.4, 0.5) is 5.69 Å². The summed E-state index contributed by atoms with van der Waals surface area (Å²) in [6, 6.07) is 1.67. The zero-order chi connectivity index (χ0) is 13.3. The Balaban J connectivity index is 2.15. The second-order valence-electron chi connectivity index (χ2n) is 4.58. The molecule has 1 saturated heterocycles. The molecule has 0 aliphatic carbocycles. The van der Waals surface area contributed by atoms with Crippen LogP contribution in [0.25, 0.3) is 0 Å². The van der Waals surface area contributed by atoms with Gasteiger partial charge in [0, 0.05) is 25.8 Å². The number of aromatic nitrogens is 1. The molecule has 1 aliphatic heterocycles. The molecule has 0 spiro atoms. The highest BCUT2D eigenvalue weighted by molar-refractivity contribution is 5.94. The predicted octanol–water partition coefficient (Wildman–Crippen LogP) is 0.0376. The first-order valence-electron chi connectivity index (χ1n) is 6.07. The second-order valence-corrected chi connectivity index (χ2v) is 4.58. The molecule has 98 valence electrons. The highest BCUT2D eigenvalue weighted by Gasteiger charge is 2.31. The van der Waals surface area contributed by atoms with E-state index in [4.69, 9.17) is 11.5 Å². The van der Waals surface area contributed by atoms with Crippen molar-refractivity contribution in [1.82, 2.24) is 9.47 Å². The van der Waals surface area contributed by atoms with Crippen molar-refractivity contribution in [3.63, 3.8) is 0 Å². The van der Waals surface area contributed by atoms with E-state index >= 15 is 0 Å². The Labute approximate surface area is 106 Å². The van der Waals surface area contributed by atoms with Gasteiger partial charge in [-0.05, 0) is 19.4 Å². The SMILES string of the molecule is CCn1cc(N)cc1C(=O)N1CCC(C(N)=O)C1. The van der Waals surface area contributed by atoms with Gasteiger partial charge < -0.3 is 20.9 Å². The minimum atomic E-state index is -0.337. The molecule has 6 nitrogen and oxygen atoms in total. The fourth-order valence-electron chi connectivity index (χ4n) is 2.31. The standard InChI is InChI=1S/C12H18N4O2/c1-2-15-7-9(13)5-10(15)12(18)16-4-3-8(6-16)11(14)17/h5,7-8H,2-4,6,13H2,1H3,(H2,14,17). The van der Waals surface area contributed by atoms with E-state index in [0.29, 0.717) is 37.4 Å². The van der Waals surface area contributed by atoms with Crippen molar-refractivity contribution in [2.75, 3.05) is 18.8 Å². The maximum atomic E-state index is 12.3. The average Bonchev–Trinajstić information content (AvgIpc) is 2.94. The molecular formula is C12H18N4O2. The van der Waals surface area contributed by atoms with Gasteiger partial charge in [0.2, 0.25) is 5.91 Å². The summed E-state index contributed by atoms with van der Waals surface area (Å²) in [4.78, 5) is 25.1. The summed E-state index contributed by atoms with van der Waals surface area (Å²) >= 11 is 0. The lowest BCUT2D eigenvalue weighted by molar-refractivity contribution is -0.121. The van der Waals surface area contributed by atoms with Gasteiger partial charge in [0.25, 0.3) is 5.91 Å². The molecule has 1 atom stereocenters. The summed E-state index contributed by atoms with van der Waals surface area (Å²) in [5.74, 6) is -0.649. The van der Waals surface area contributed by atoms with Crippen LogP contribution in [-0.2, 0) is 11.3 Å². The predicted molar refractivity (Wildman–Crippen MR) is 67.7 cm³/mol.